The van der Waals surface area contributed by atoms with Crippen LogP contribution in [0.5, 0.6) is 0 Å². The van der Waals surface area contributed by atoms with Crippen molar-refractivity contribution in [1.82, 2.24) is 10.2 Å². The van der Waals surface area contributed by atoms with Crippen molar-refractivity contribution in [2.45, 2.75) is 52.0 Å². The molecule has 0 fully saturated rings. The van der Waals surface area contributed by atoms with Gasteiger partial charge in [-0.25, -0.2) is 0 Å². The molecule has 0 bridgehead atoms. The van der Waals surface area contributed by atoms with Crippen molar-refractivity contribution >= 4 is 0 Å². The summed E-state index contributed by atoms with van der Waals surface area (Å²) in [5, 5.41) is 3.72. The molecule has 17 heavy (non-hydrogen) atoms. The van der Waals surface area contributed by atoms with Gasteiger partial charge in [0.15, 0.2) is 0 Å². The van der Waals surface area contributed by atoms with Crippen molar-refractivity contribution in [1.29, 1.82) is 0 Å². The second-order valence-electron chi connectivity index (χ2n) is 6.46. The predicted molar refractivity (Wildman–Crippen MR) is 76.4 cm³/mol. The van der Waals surface area contributed by atoms with Gasteiger partial charge in [0.2, 0.25) is 0 Å². The van der Waals surface area contributed by atoms with E-state index < -0.39 is 0 Å². The third kappa shape index (κ3) is 6.85. The van der Waals surface area contributed by atoms with Gasteiger partial charge >= 0.3 is 0 Å². The normalized spacial score (nSPS) is 24.4. The van der Waals surface area contributed by atoms with Crippen LogP contribution in [-0.2, 0) is 0 Å². The Bertz CT molecular complexity index is 231. The first-order chi connectivity index (χ1) is 7.99. The van der Waals surface area contributed by atoms with Crippen LogP contribution in [0.15, 0.2) is 12.2 Å². The smallest absolute Gasteiger partial charge is 0.0250 e. The first kappa shape index (κ1) is 14.7. The number of hydrogen-bond donors (Lipinski definition) is 1. The van der Waals surface area contributed by atoms with Crippen LogP contribution in [0, 0.1) is 5.41 Å². The molecule has 0 aromatic rings. The minimum absolute atomic E-state index is 0.347. The quantitative estimate of drug-likeness (QED) is 0.741. The first-order valence-electron chi connectivity index (χ1n) is 7.04. The first-order valence-corrected chi connectivity index (χ1v) is 7.04. The Kier molecular flexibility index (Phi) is 6.21. The van der Waals surface area contributed by atoms with Crippen molar-refractivity contribution in [2.75, 3.05) is 27.2 Å². The highest BCUT2D eigenvalue weighted by Gasteiger charge is 2.19. The summed E-state index contributed by atoms with van der Waals surface area (Å²) >= 11 is 0. The predicted octanol–water partition coefficient (Wildman–Crippen LogP) is 3.05. The molecule has 1 atom stereocenters. The van der Waals surface area contributed by atoms with E-state index in [1.165, 1.54) is 32.1 Å². The van der Waals surface area contributed by atoms with E-state index in [0.717, 1.165) is 13.1 Å². The molecule has 0 amide bonds. The summed E-state index contributed by atoms with van der Waals surface area (Å²) in [6, 6.07) is 0.594. The van der Waals surface area contributed by atoms with E-state index in [-0.39, 0.29) is 0 Å². The highest BCUT2D eigenvalue weighted by atomic mass is 15.1. The largest absolute Gasteiger partial charge is 0.310 e. The molecule has 1 N–H and O–H groups in total. The fraction of sp³-hybridized carbons (Fsp3) is 0.867. The number of hydrogen-bond acceptors (Lipinski definition) is 2. The van der Waals surface area contributed by atoms with E-state index in [4.69, 9.17) is 0 Å². The summed E-state index contributed by atoms with van der Waals surface area (Å²) in [5.74, 6) is 0. The minimum atomic E-state index is 0.347. The lowest BCUT2D eigenvalue weighted by Gasteiger charge is -2.30. The van der Waals surface area contributed by atoms with Gasteiger partial charge in [0, 0.05) is 19.1 Å². The van der Waals surface area contributed by atoms with E-state index in [1.807, 2.05) is 0 Å². The van der Waals surface area contributed by atoms with E-state index in [9.17, 15) is 0 Å². The Balaban J connectivity index is 2.34. The van der Waals surface area contributed by atoms with Crippen molar-refractivity contribution in [3.63, 3.8) is 0 Å². The van der Waals surface area contributed by atoms with E-state index in [0.29, 0.717) is 11.5 Å². The molecule has 0 saturated carbocycles. The zero-order valence-electron chi connectivity index (χ0n) is 12.1. The molecule has 0 aliphatic heterocycles. The Morgan fingerprint density at radius 3 is 2.71 bits per heavy atom. The molecule has 0 heterocycles. The minimum Gasteiger partial charge on any atom is -0.310 e. The highest BCUT2D eigenvalue weighted by molar-refractivity contribution is 4.95. The summed E-state index contributed by atoms with van der Waals surface area (Å²) in [5.41, 5.74) is 0.347. The molecule has 2 nitrogen and oxygen atoms in total. The van der Waals surface area contributed by atoms with Gasteiger partial charge < -0.3 is 10.2 Å². The van der Waals surface area contributed by atoms with Crippen LogP contribution in [0.1, 0.15) is 46.0 Å². The van der Waals surface area contributed by atoms with Crippen molar-refractivity contribution in [3.05, 3.63) is 12.2 Å². The average molecular weight is 238 g/mol. The highest BCUT2D eigenvalue weighted by Crippen LogP contribution is 2.16. The summed E-state index contributed by atoms with van der Waals surface area (Å²) in [7, 11) is 4.30. The standard InChI is InChI=1S/C15H30N2/c1-15(2,13-17(3)4)12-16-14-10-8-6-5-7-9-11-14/h8,10,14,16H,5-7,9,11-13H2,1-4H3/b10-8+. The molecule has 0 spiro atoms. The van der Waals surface area contributed by atoms with Crippen LogP contribution in [0.4, 0.5) is 0 Å². The topological polar surface area (TPSA) is 15.3 Å². The fourth-order valence-corrected chi connectivity index (χ4v) is 2.65. The summed E-state index contributed by atoms with van der Waals surface area (Å²) < 4.78 is 0. The summed E-state index contributed by atoms with van der Waals surface area (Å²) in [6.07, 6.45) is 11.4. The van der Waals surface area contributed by atoms with Gasteiger partial charge in [-0.2, -0.15) is 0 Å². The van der Waals surface area contributed by atoms with Crippen molar-refractivity contribution < 1.29 is 0 Å². The molecular formula is C15H30N2. The van der Waals surface area contributed by atoms with Gasteiger partial charge in [-0.3, -0.25) is 0 Å². The maximum atomic E-state index is 3.72. The van der Waals surface area contributed by atoms with E-state index in [1.54, 1.807) is 0 Å². The van der Waals surface area contributed by atoms with Crippen LogP contribution in [0.2, 0.25) is 0 Å². The monoisotopic (exact) mass is 238 g/mol. The fourth-order valence-electron chi connectivity index (χ4n) is 2.65. The van der Waals surface area contributed by atoms with Gasteiger partial charge in [-0.1, -0.05) is 38.8 Å². The summed E-state index contributed by atoms with van der Waals surface area (Å²) in [6.45, 7) is 6.91. The second kappa shape index (κ2) is 7.17. The Morgan fingerprint density at radius 2 is 2.00 bits per heavy atom. The lowest BCUT2D eigenvalue weighted by molar-refractivity contribution is 0.227. The van der Waals surface area contributed by atoms with Gasteiger partial charge in [0.25, 0.3) is 0 Å². The lowest BCUT2D eigenvalue weighted by Crippen LogP contribution is -2.41. The van der Waals surface area contributed by atoms with Crippen LogP contribution in [-0.4, -0.2) is 38.1 Å². The molecule has 2 heteroatoms. The van der Waals surface area contributed by atoms with Gasteiger partial charge in [-0.05, 0) is 38.8 Å². The van der Waals surface area contributed by atoms with Crippen LogP contribution in [0.25, 0.3) is 0 Å². The van der Waals surface area contributed by atoms with Gasteiger partial charge in [-0.15, -0.1) is 0 Å². The molecular weight excluding hydrogens is 208 g/mol. The Hall–Kier alpha value is -0.340. The molecule has 0 radical (unpaired) electrons. The molecule has 1 unspecified atom stereocenters. The number of rotatable bonds is 5. The number of nitrogens with zero attached hydrogens (tertiary/aromatic N) is 1. The van der Waals surface area contributed by atoms with Gasteiger partial charge in [0.05, 0.1) is 0 Å². The number of nitrogens with one attached hydrogen (secondary N) is 1. The molecule has 0 saturated heterocycles. The zero-order chi connectivity index (χ0) is 12.7. The molecule has 100 valence electrons. The maximum absolute atomic E-state index is 3.72. The average Bonchev–Trinajstić information content (AvgIpc) is 2.13. The SMILES string of the molecule is CN(C)CC(C)(C)CNC1/C=C/CCCCC1. The molecule has 1 aliphatic carbocycles. The van der Waals surface area contributed by atoms with Crippen molar-refractivity contribution in [3.8, 4) is 0 Å². The Labute approximate surface area is 107 Å². The third-order valence-electron chi connectivity index (χ3n) is 3.34. The summed E-state index contributed by atoms with van der Waals surface area (Å²) in [4.78, 5) is 2.27. The molecule has 0 aromatic heterocycles. The third-order valence-corrected chi connectivity index (χ3v) is 3.34. The van der Waals surface area contributed by atoms with Crippen LogP contribution in [0.3, 0.4) is 0 Å². The Morgan fingerprint density at radius 1 is 1.24 bits per heavy atom. The lowest BCUT2D eigenvalue weighted by atomic mass is 9.92. The van der Waals surface area contributed by atoms with E-state index >= 15 is 0 Å². The van der Waals surface area contributed by atoms with E-state index in [2.05, 4.69) is 50.3 Å². The second-order valence-corrected chi connectivity index (χ2v) is 6.46. The zero-order valence-corrected chi connectivity index (χ0v) is 12.1. The molecule has 1 rings (SSSR count). The number of allylic oxidation sites excluding steroid dienone is 1. The molecule has 1 aliphatic rings. The van der Waals surface area contributed by atoms with Gasteiger partial charge in [0.1, 0.15) is 0 Å². The van der Waals surface area contributed by atoms with Crippen LogP contribution >= 0.6 is 0 Å². The molecule has 0 aromatic carbocycles. The maximum Gasteiger partial charge on any atom is 0.0250 e. The van der Waals surface area contributed by atoms with Crippen LogP contribution < -0.4 is 5.32 Å². The van der Waals surface area contributed by atoms with Crippen molar-refractivity contribution in [2.24, 2.45) is 5.41 Å².